The van der Waals surface area contributed by atoms with Gasteiger partial charge in [0.1, 0.15) is 0 Å². The van der Waals surface area contributed by atoms with Gasteiger partial charge in [-0.25, -0.2) is 0 Å². The van der Waals surface area contributed by atoms with E-state index in [2.05, 4.69) is 37.6 Å². The molecule has 1 aromatic rings. The summed E-state index contributed by atoms with van der Waals surface area (Å²) in [6, 6.07) is 4.00. The number of nitrogens with two attached hydrogens (primary N) is 2. The van der Waals surface area contributed by atoms with Crippen molar-refractivity contribution >= 4 is 23.3 Å². The first-order valence-electron chi connectivity index (χ1n) is 7.26. The average molecular weight is 274 g/mol. The van der Waals surface area contributed by atoms with Gasteiger partial charge in [-0.05, 0) is 37.8 Å². The van der Waals surface area contributed by atoms with Crippen LogP contribution in [0.25, 0.3) is 0 Å². The molecule has 4 N–H and O–H groups in total. The standard InChI is InChI=1S/C16H26N4/c1-11(2)19-9-12-13(17)5-6-14(18)15(12)20-8-7-16(3,4)10-20/h5-6,9,11H,7-8,10,17-18H2,1-4H3. The predicted octanol–water partition coefficient (Wildman–Crippen LogP) is 2.91. The Morgan fingerprint density at radius 1 is 1.25 bits per heavy atom. The summed E-state index contributed by atoms with van der Waals surface area (Å²) in [5, 5.41) is 0. The van der Waals surface area contributed by atoms with Crippen LogP contribution in [-0.2, 0) is 0 Å². The molecule has 0 bridgehead atoms. The molecule has 1 aliphatic rings. The molecule has 2 rings (SSSR count). The zero-order valence-electron chi connectivity index (χ0n) is 13.0. The van der Waals surface area contributed by atoms with Crippen molar-refractivity contribution in [3.8, 4) is 0 Å². The topological polar surface area (TPSA) is 67.6 Å². The first-order valence-corrected chi connectivity index (χ1v) is 7.26. The van der Waals surface area contributed by atoms with Crippen molar-refractivity contribution < 1.29 is 0 Å². The summed E-state index contributed by atoms with van der Waals surface area (Å²) in [4.78, 5) is 6.82. The van der Waals surface area contributed by atoms with E-state index < -0.39 is 0 Å². The van der Waals surface area contributed by atoms with Gasteiger partial charge in [-0.1, -0.05) is 13.8 Å². The minimum absolute atomic E-state index is 0.249. The van der Waals surface area contributed by atoms with Crippen molar-refractivity contribution in [1.29, 1.82) is 0 Å². The molecule has 0 saturated carbocycles. The van der Waals surface area contributed by atoms with Gasteiger partial charge in [0.15, 0.2) is 0 Å². The van der Waals surface area contributed by atoms with E-state index in [9.17, 15) is 0 Å². The number of anilines is 3. The molecule has 0 atom stereocenters. The molecule has 0 radical (unpaired) electrons. The third kappa shape index (κ3) is 3.06. The first-order chi connectivity index (χ1) is 9.30. The van der Waals surface area contributed by atoms with Gasteiger partial charge in [0.25, 0.3) is 0 Å². The minimum atomic E-state index is 0.249. The molecular weight excluding hydrogens is 248 g/mol. The van der Waals surface area contributed by atoms with Crippen LogP contribution < -0.4 is 16.4 Å². The Balaban J connectivity index is 2.43. The Morgan fingerprint density at radius 2 is 1.90 bits per heavy atom. The van der Waals surface area contributed by atoms with Gasteiger partial charge in [-0.2, -0.15) is 0 Å². The molecule has 4 heteroatoms. The van der Waals surface area contributed by atoms with Crippen LogP contribution in [0, 0.1) is 5.41 Å². The zero-order chi connectivity index (χ0) is 14.9. The lowest BCUT2D eigenvalue weighted by atomic mass is 9.93. The fourth-order valence-electron chi connectivity index (χ4n) is 2.66. The third-order valence-corrected chi connectivity index (χ3v) is 3.78. The van der Waals surface area contributed by atoms with Gasteiger partial charge in [0.05, 0.1) is 11.4 Å². The van der Waals surface area contributed by atoms with Crippen LogP contribution in [0.2, 0.25) is 0 Å². The number of nitrogen functional groups attached to an aromatic ring is 2. The van der Waals surface area contributed by atoms with Crippen LogP contribution in [0.1, 0.15) is 39.7 Å². The number of aliphatic imine (C=N–C) groups is 1. The summed E-state index contributed by atoms with van der Waals surface area (Å²) < 4.78 is 0. The van der Waals surface area contributed by atoms with Crippen molar-refractivity contribution in [1.82, 2.24) is 0 Å². The highest BCUT2D eigenvalue weighted by molar-refractivity contribution is 5.98. The summed E-state index contributed by atoms with van der Waals surface area (Å²) in [6.07, 6.45) is 3.04. The molecule has 0 aliphatic carbocycles. The Labute approximate surface area is 121 Å². The van der Waals surface area contributed by atoms with Crippen LogP contribution in [0.3, 0.4) is 0 Å². The maximum absolute atomic E-state index is 6.21. The van der Waals surface area contributed by atoms with Gasteiger partial charge in [-0.15, -0.1) is 0 Å². The van der Waals surface area contributed by atoms with E-state index in [-0.39, 0.29) is 6.04 Å². The molecular formula is C16H26N4. The molecule has 4 nitrogen and oxygen atoms in total. The summed E-state index contributed by atoms with van der Waals surface area (Å²) in [5.74, 6) is 0. The largest absolute Gasteiger partial charge is 0.398 e. The number of hydrogen-bond donors (Lipinski definition) is 2. The summed E-state index contributed by atoms with van der Waals surface area (Å²) >= 11 is 0. The van der Waals surface area contributed by atoms with Gasteiger partial charge >= 0.3 is 0 Å². The Morgan fingerprint density at radius 3 is 2.45 bits per heavy atom. The quantitative estimate of drug-likeness (QED) is 0.658. The summed E-state index contributed by atoms with van der Waals surface area (Å²) in [7, 11) is 0. The average Bonchev–Trinajstić information content (AvgIpc) is 2.70. The second kappa shape index (κ2) is 5.35. The third-order valence-electron chi connectivity index (χ3n) is 3.78. The first kappa shape index (κ1) is 14.7. The second-order valence-electron chi connectivity index (χ2n) is 6.71. The molecule has 1 aliphatic heterocycles. The lowest BCUT2D eigenvalue weighted by molar-refractivity contribution is 0.418. The van der Waals surface area contributed by atoms with E-state index in [1.807, 2.05) is 18.3 Å². The summed E-state index contributed by atoms with van der Waals surface area (Å²) in [5.41, 5.74) is 16.2. The van der Waals surface area contributed by atoms with Crippen LogP contribution in [0.4, 0.5) is 17.1 Å². The minimum Gasteiger partial charge on any atom is -0.398 e. The van der Waals surface area contributed by atoms with Crippen LogP contribution in [-0.4, -0.2) is 25.3 Å². The normalized spacial score (nSPS) is 18.4. The fraction of sp³-hybridized carbons (Fsp3) is 0.562. The van der Waals surface area contributed by atoms with Gasteiger partial charge in [0, 0.05) is 36.6 Å². The highest BCUT2D eigenvalue weighted by Crippen LogP contribution is 2.38. The van der Waals surface area contributed by atoms with Gasteiger partial charge in [-0.3, -0.25) is 4.99 Å². The number of benzene rings is 1. The molecule has 1 heterocycles. The van der Waals surface area contributed by atoms with Crippen molar-refractivity contribution in [2.24, 2.45) is 10.4 Å². The highest BCUT2D eigenvalue weighted by atomic mass is 15.2. The van der Waals surface area contributed by atoms with Crippen LogP contribution >= 0.6 is 0 Å². The molecule has 1 aromatic carbocycles. The monoisotopic (exact) mass is 274 g/mol. The molecule has 0 spiro atoms. The van der Waals surface area contributed by atoms with E-state index in [0.29, 0.717) is 5.41 Å². The SMILES string of the molecule is CC(C)N=Cc1c(N)ccc(N)c1N1CCC(C)(C)C1. The van der Waals surface area contributed by atoms with Crippen LogP contribution in [0.5, 0.6) is 0 Å². The fourth-order valence-corrected chi connectivity index (χ4v) is 2.66. The number of hydrogen-bond acceptors (Lipinski definition) is 4. The smallest absolute Gasteiger partial charge is 0.0710 e. The highest BCUT2D eigenvalue weighted by Gasteiger charge is 2.31. The molecule has 0 amide bonds. The Hall–Kier alpha value is -1.71. The molecule has 1 fully saturated rings. The van der Waals surface area contributed by atoms with E-state index in [1.165, 1.54) is 6.42 Å². The Bertz CT molecular complexity index is 517. The zero-order valence-corrected chi connectivity index (χ0v) is 13.0. The Kier molecular flexibility index (Phi) is 3.93. The van der Waals surface area contributed by atoms with E-state index in [1.54, 1.807) is 0 Å². The summed E-state index contributed by atoms with van der Waals surface area (Å²) in [6.45, 7) is 10.7. The molecule has 20 heavy (non-hydrogen) atoms. The lowest BCUT2D eigenvalue weighted by Crippen LogP contribution is -2.25. The van der Waals surface area contributed by atoms with E-state index in [4.69, 9.17) is 11.5 Å². The van der Waals surface area contributed by atoms with Crippen molar-refractivity contribution in [2.75, 3.05) is 29.5 Å². The number of rotatable bonds is 3. The van der Waals surface area contributed by atoms with Gasteiger partial charge in [0.2, 0.25) is 0 Å². The second-order valence-corrected chi connectivity index (χ2v) is 6.71. The molecule has 110 valence electrons. The van der Waals surface area contributed by atoms with Crippen molar-refractivity contribution in [3.05, 3.63) is 17.7 Å². The van der Waals surface area contributed by atoms with Gasteiger partial charge < -0.3 is 16.4 Å². The molecule has 1 saturated heterocycles. The van der Waals surface area contributed by atoms with Crippen LogP contribution in [0.15, 0.2) is 17.1 Å². The maximum atomic E-state index is 6.21. The number of nitrogens with zero attached hydrogens (tertiary/aromatic N) is 2. The van der Waals surface area contributed by atoms with Crippen molar-refractivity contribution in [3.63, 3.8) is 0 Å². The predicted molar refractivity (Wildman–Crippen MR) is 88.6 cm³/mol. The molecule has 0 aromatic heterocycles. The molecule has 0 unspecified atom stereocenters. The lowest BCUT2D eigenvalue weighted by Gasteiger charge is -2.25. The maximum Gasteiger partial charge on any atom is 0.0710 e. The van der Waals surface area contributed by atoms with E-state index >= 15 is 0 Å². The van der Waals surface area contributed by atoms with Crippen molar-refractivity contribution in [2.45, 2.75) is 40.2 Å². The van der Waals surface area contributed by atoms with E-state index in [0.717, 1.165) is 35.7 Å².